The van der Waals surface area contributed by atoms with Crippen molar-refractivity contribution in [1.29, 1.82) is 0 Å². The summed E-state index contributed by atoms with van der Waals surface area (Å²) in [5, 5.41) is 28.8. The lowest BCUT2D eigenvalue weighted by molar-refractivity contribution is 0.0697. The fraction of sp³-hybridized carbons (Fsp3) is 0.167. The zero-order valence-electron chi connectivity index (χ0n) is 13.6. The van der Waals surface area contributed by atoms with Crippen LogP contribution in [0.5, 0.6) is 5.88 Å². The normalized spacial score (nSPS) is 11.7. The van der Waals surface area contributed by atoms with Crippen LogP contribution in [-0.4, -0.2) is 20.7 Å². The molecule has 0 amide bonds. The molecule has 0 aliphatic heterocycles. The van der Waals surface area contributed by atoms with E-state index in [4.69, 9.17) is 16.7 Å². The topological polar surface area (TPSA) is 87.2 Å². The average Bonchev–Trinajstić information content (AvgIpc) is 2.85. The van der Waals surface area contributed by atoms with Gasteiger partial charge in [0.05, 0.1) is 21.8 Å². The van der Waals surface area contributed by atoms with Gasteiger partial charge in [0.25, 0.3) is 0 Å². The van der Waals surface area contributed by atoms with Gasteiger partial charge in [-0.25, -0.2) is 4.79 Å². The summed E-state index contributed by atoms with van der Waals surface area (Å²) in [5.41, 5.74) is 1.48. The molecule has 128 valence electrons. The van der Waals surface area contributed by atoms with Crippen LogP contribution >= 0.6 is 11.6 Å². The van der Waals surface area contributed by atoms with E-state index in [0.717, 1.165) is 10.9 Å². The largest absolute Gasteiger partial charge is 0.493 e. The van der Waals surface area contributed by atoms with Gasteiger partial charge in [0.1, 0.15) is 0 Å². The summed E-state index contributed by atoms with van der Waals surface area (Å²) < 4.78 is 1.77. The summed E-state index contributed by atoms with van der Waals surface area (Å²) in [6, 6.07) is 11.9. The minimum atomic E-state index is -1.14. The predicted octanol–water partition coefficient (Wildman–Crippen LogP) is 5.69. The number of hydrogen-bond acceptors (Lipinski definition) is 4. The number of aromatic nitrogens is 1. The number of para-hydroxylation sites is 1. The fourth-order valence-corrected chi connectivity index (χ4v) is 2.90. The summed E-state index contributed by atoms with van der Waals surface area (Å²) in [7, 11) is 0. The molecule has 7 heteroatoms. The van der Waals surface area contributed by atoms with Crippen LogP contribution in [-0.2, 0) is 0 Å². The highest BCUT2D eigenvalue weighted by Crippen LogP contribution is 2.41. The molecule has 0 saturated carbocycles. The second-order valence-corrected chi connectivity index (χ2v) is 6.23. The summed E-state index contributed by atoms with van der Waals surface area (Å²) in [6.07, 6.45) is 0. The number of rotatable bonds is 4. The van der Waals surface area contributed by atoms with E-state index in [9.17, 15) is 9.90 Å². The quantitative estimate of drug-likeness (QED) is 0.587. The number of carboxylic acids is 1. The molecule has 3 rings (SSSR count). The van der Waals surface area contributed by atoms with Gasteiger partial charge in [-0.2, -0.15) is 5.11 Å². The summed E-state index contributed by atoms with van der Waals surface area (Å²) in [6.45, 7) is 3.93. The lowest BCUT2D eigenvalue weighted by atomic mass is 10.2. The lowest BCUT2D eigenvalue weighted by Gasteiger charge is -2.10. The van der Waals surface area contributed by atoms with Gasteiger partial charge in [0.2, 0.25) is 5.88 Å². The van der Waals surface area contributed by atoms with E-state index in [-0.39, 0.29) is 22.5 Å². The number of fused-ring (bicyclic) bond motifs is 1. The van der Waals surface area contributed by atoms with Crippen LogP contribution in [0, 0.1) is 0 Å². The van der Waals surface area contributed by atoms with Gasteiger partial charge in [-0.1, -0.05) is 29.8 Å². The van der Waals surface area contributed by atoms with Crippen LogP contribution in [0.4, 0.5) is 11.4 Å². The van der Waals surface area contributed by atoms with Crippen molar-refractivity contribution in [3.8, 4) is 5.88 Å². The molecule has 0 atom stereocenters. The van der Waals surface area contributed by atoms with Gasteiger partial charge in [-0.05, 0) is 38.1 Å². The van der Waals surface area contributed by atoms with Crippen molar-refractivity contribution in [2.45, 2.75) is 19.9 Å². The number of carboxylic acid groups (broad SMARTS) is 1. The molecule has 0 radical (unpaired) electrons. The van der Waals surface area contributed by atoms with E-state index in [2.05, 4.69) is 10.2 Å². The van der Waals surface area contributed by atoms with E-state index in [1.165, 1.54) is 12.1 Å². The zero-order chi connectivity index (χ0) is 18.1. The maximum atomic E-state index is 11.2. The third kappa shape index (κ3) is 3.08. The Balaban J connectivity index is 2.10. The summed E-state index contributed by atoms with van der Waals surface area (Å²) >= 11 is 5.85. The molecule has 6 nitrogen and oxygen atoms in total. The maximum Gasteiger partial charge on any atom is 0.337 e. The monoisotopic (exact) mass is 357 g/mol. The molecule has 0 aliphatic carbocycles. The predicted molar refractivity (Wildman–Crippen MR) is 96.6 cm³/mol. The molecular weight excluding hydrogens is 342 g/mol. The standard InChI is InChI=1S/C18H16ClN3O3/c1-10(2)22-15-6-4-3-5-12(15)16(17(22)23)21-20-11-7-8-14(19)13(9-11)18(24)25/h3-10,23H,1-2H3,(H,24,25). The SMILES string of the molecule is CC(C)n1c(O)c(N=Nc2ccc(Cl)c(C(=O)O)c2)c2ccccc21. The number of halogens is 1. The minimum absolute atomic E-state index is 0.0207. The number of azo groups is 1. The van der Waals surface area contributed by atoms with Gasteiger partial charge in [0.15, 0.2) is 5.69 Å². The first-order valence-electron chi connectivity index (χ1n) is 7.66. The summed E-state index contributed by atoms with van der Waals surface area (Å²) in [5.74, 6) is -1.12. The molecule has 1 heterocycles. The maximum absolute atomic E-state index is 11.2. The van der Waals surface area contributed by atoms with Crippen LogP contribution in [0.15, 0.2) is 52.7 Å². The molecule has 0 spiro atoms. The smallest absolute Gasteiger partial charge is 0.337 e. The molecular formula is C18H16ClN3O3. The highest BCUT2D eigenvalue weighted by atomic mass is 35.5. The number of aromatic hydroxyl groups is 1. The first kappa shape index (κ1) is 17.0. The van der Waals surface area contributed by atoms with Crippen molar-refractivity contribution in [2.75, 3.05) is 0 Å². The van der Waals surface area contributed by atoms with Gasteiger partial charge in [0, 0.05) is 11.4 Å². The average molecular weight is 358 g/mol. The molecule has 0 fully saturated rings. The van der Waals surface area contributed by atoms with Crippen molar-refractivity contribution in [1.82, 2.24) is 4.57 Å². The minimum Gasteiger partial charge on any atom is -0.493 e. The van der Waals surface area contributed by atoms with E-state index < -0.39 is 5.97 Å². The van der Waals surface area contributed by atoms with Crippen molar-refractivity contribution in [2.24, 2.45) is 10.2 Å². The van der Waals surface area contributed by atoms with Crippen LogP contribution in [0.1, 0.15) is 30.2 Å². The molecule has 1 aromatic heterocycles. The Morgan fingerprint density at radius 2 is 1.88 bits per heavy atom. The first-order chi connectivity index (χ1) is 11.9. The Morgan fingerprint density at radius 3 is 2.56 bits per heavy atom. The second kappa shape index (κ2) is 6.57. The van der Waals surface area contributed by atoms with Crippen LogP contribution < -0.4 is 0 Å². The highest BCUT2D eigenvalue weighted by Gasteiger charge is 2.18. The van der Waals surface area contributed by atoms with E-state index in [0.29, 0.717) is 11.4 Å². The molecule has 25 heavy (non-hydrogen) atoms. The number of carbonyl (C=O) groups is 1. The molecule has 0 bridgehead atoms. The number of hydrogen-bond donors (Lipinski definition) is 2. The third-order valence-corrected chi connectivity index (χ3v) is 4.15. The second-order valence-electron chi connectivity index (χ2n) is 5.82. The number of benzene rings is 2. The van der Waals surface area contributed by atoms with Crippen LogP contribution in [0.2, 0.25) is 5.02 Å². The Bertz CT molecular complexity index is 993. The van der Waals surface area contributed by atoms with Gasteiger partial charge in [-0.15, -0.1) is 5.11 Å². The third-order valence-electron chi connectivity index (χ3n) is 3.82. The van der Waals surface area contributed by atoms with E-state index >= 15 is 0 Å². The van der Waals surface area contributed by atoms with Gasteiger partial charge >= 0.3 is 5.97 Å². The van der Waals surface area contributed by atoms with Crippen molar-refractivity contribution in [3.63, 3.8) is 0 Å². The van der Waals surface area contributed by atoms with Crippen molar-refractivity contribution >= 4 is 39.8 Å². The molecule has 0 aliphatic rings. The van der Waals surface area contributed by atoms with E-state index in [1.54, 1.807) is 10.6 Å². The molecule has 3 aromatic rings. The van der Waals surface area contributed by atoms with Gasteiger partial charge < -0.3 is 14.8 Å². The Kier molecular flexibility index (Phi) is 4.46. The van der Waals surface area contributed by atoms with E-state index in [1.807, 2.05) is 38.1 Å². The van der Waals surface area contributed by atoms with Crippen molar-refractivity contribution in [3.05, 3.63) is 53.1 Å². The molecule has 2 aromatic carbocycles. The zero-order valence-corrected chi connectivity index (χ0v) is 14.4. The van der Waals surface area contributed by atoms with Gasteiger partial charge in [-0.3, -0.25) is 0 Å². The highest BCUT2D eigenvalue weighted by molar-refractivity contribution is 6.33. The molecule has 0 saturated heterocycles. The van der Waals surface area contributed by atoms with Crippen molar-refractivity contribution < 1.29 is 15.0 Å². The van der Waals surface area contributed by atoms with Crippen LogP contribution in [0.3, 0.4) is 0 Å². The molecule has 2 N–H and O–H groups in total. The molecule has 0 unspecified atom stereocenters. The lowest BCUT2D eigenvalue weighted by Crippen LogP contribution is -1.98. The Hall–Kier alpha value is -2.86. The Morgan fingerprint density at radius 1 is 1.16 bits per heavy atom. The first-order valence-corrected chi connectivity index (χ1v) is 8.04. The van der Waals surface area contributed by atoms with Crippen LogP contribution in [0.25, 0.3) is 10.9 Å². The number of nitrogens with zero attached hydrogens (tertiary/aromatic N) is 3. The summed E-state index contributed by atoms with van der Waals surface area (Å²) in [4.78, 5) is 11.2. The Labute approximate surface area is 149 Å². The fourth-order valence-electron chi connectivity index (χ4n) is 2.70. The number of aromatic carboxylic acids is 1.